The van der Waals surface area contributed by atoms with Crippen LogP contribution in [0.25, 0.3) is 0 Å². The highest BCUT2D eigenvalue weighted by molar-refractivity contribution is 5.92. The summed E-state index contributed by atoms with van der Waals surface area (Å²) in [5.74, 6) is 5.65. The minimum Gasteiger partial charge on any atom is -0.467 e. The maximum absolute atomic E-state index is 11.9. The second kappa shape index (κ2) is 5.33. The molecule has 6 nitrogen and oxygen atoms in total. The van der Waals surface area contributed by atoms with Crippen LogP contribution in [0.2, 0.25) is 0 Å². The average Bonchev–Trinajstić information content (AvgIpc) is 2.92. The second-order valence-electron chi connectivity index (χ2n) is 3.79. The molecule has 0 fully saturated rings. The number of carbonyl (C=O) groups excluding carboxylic acids is 1. The van der Waals surface area contributed by atoms with Gasteiger partial charge in [0.15, 0.2) is 0 Å². The first-order valence-corrected chi connectivity index (χ1v) is 5.47. The van der Waals surface area contributed by atoms with E-state index in [0.29, 0.717) is 17.1 Å². The van der Waals surface area contributed by atoms with E-state index in [0.717, 1.165) is 0 Å². The predicted molar refractivity (Wildman–Crippen MR) is 66.6 cm³/mol. The molecule has 18 heavy (non-hydrogen) atoms. The van der Waals surface area contributed by atoms with Gasteiger partial charge in [-0.2, -0.15) is 0 Å². The number of hydrazine groups is 1. The number of amides is 1. The Hall–Kier alpha value is -2.34. The van der Waals surface area contributed by atoms with E-state index in [1.807, 2.05) is 6.92 Å². The van der Waals surface area contributed by atoms with Gasteiger partial charge < -0.3 is 15.2 Å². The Kier molecular flexibility index (Phi) is 3.59. The fourth-order valence-corrected chi connectivity index (χ4v) is 1.49. The van der Waals surface area contributed by atoms with Crippen LogP contribution in [-0.4, -0.2) is 10.9 Å². The van der Waals surface area contributed by atoms with Gasteiger partial charge in [0, 0.05) is 0 Å². The number of carbonyl (C=O) groups is 1. The number of nitrogen functional groups attached to an aromatic ring is 1. The van der Waals surface area contributed by atoms with Crippen LogP contribution in [0.4, 0.5) is 5.69 Å². The van der Waals surface area contributed by atoms with E-state index in [1.54, 1.807) is 30.5 Å². The summed E-state index contributed by atoms with van der Waals surface area (Å²) in [5, 5.41) is 2.79. The zero-order valence-corrected chi connectivity index (χ0v) is 9.88. The highest BCUT2D eigenvalue weighted by Crippen LogP contribution is 2.13. The van der Waals surface area contributed by atoms with E-state index >= 15 is 0 Å². The van der Waals surface area contributed by atoms with Crippen LogP contribution < -0.4 is 16.6 Å². The first-order valence-electron chi connectivity index (χ1n) is 5.47. The number of nitrogens with one attached hydrogen (secondary N) is 2. The Morgan fingerprint density at radius 3 is 2.83 bits per heavy atom. The second-order valence-corrected chi connectivity index (χ2v) is 3.79. The van der Waals surface area contributed by atoms with Crippen LogP contribution in [0.5, 0.6) is 0 Å². The highest BCUT2D eigenvalue weighted by Gasteiger charge is 2.13. The van der Waals surface area contributed by atoms with Crippen molar-refractivity contribution >= 4 is 11.6 Å². The van der Waals surface area contributed by atoms with Gasteiger partial charge in [-0.05, 0) is 31.2 Å². The van der Waals surface area contributed by atoms with Gasteiger partial charge in [0.2, 0.25) is 0 Å². The molecule has 0 aliphatic carbocycles. The van der Waals surface area contributed by atoms with Crippen molar-refractivity contribution in [3.05, 3.63) is 48.2 Å². The lowest BCUT2D eigenvalue weighted by atomic mass is 10.2. The first-order chi connectivity index (χ1) is 8.70. The van der Waals surface area contributed by atoms with E-state index in [2.05, 4.69) is 15.7 Å². The molecule has 0 bridgehead atoms. The SMILES string of the molecule is CC(NC(=O)c1ccc(NN)cn1)c1ccco1. The number of nitrogens with zero attached hydrogens (tertiary/aromatic N) is 1. The minimum atomic E-state index is -0.262. The van der Waals surface area contributed by atoms with Crippen molar-refractivity contribution in [2.75, 3.05) is 5.43 Å². The number of rotatable bonds is 4. The predicted octanol–water partition coefficient (Wildman–Crippen LogP) is 1.45. The summed E-state index contributed by atoms with van der Waals surface area (Å²) in [6.07, 6.45) is 3.06. The fraction of sp³-hybridized carbons (Fsp3) is 0.167. The summed E-state index contributed by atoms with van der Waals surface area (Å²) in [7, 11) is 0. The largest absolute Gasteiger partial charge is 0.467 e. The molecule has 2 aromatic heterocycles. The molecule has 1 unspecified atom stereocenters. The van der Waals surface area contributed by atoms with Crippen molar-refractivity contribution in [3.8, 4) is 0 Å². The lowest BCUT2D eigenvalue weighted by Gasteiger charge is -2.11. The molecular weight excluding hydrogens is 232 g/mol. The van der Waals surface area contributed by atoms with Gasteiger partial charge in [-0.15, -0.1) is 0 Å². The molecule has 94 valence electrons. The Morgan fingerprint density at radius 2 is 2.28 bits per heavy atom. The van der Waals surface area contributed by atoms with E-state index < -0.39 is 0 Å². The molecule has 2 heterocycles. The quantitative estimate of drug-likeness (QED) is 0.561. The Morgan fingerprint density at radius 1 is 1.44 bits per heavy atom. The third kappa shape index (κ3) is 2.67. The maximum atomic E-state index is 11.9. The molecule has 2 aromatic rings. The Labute approximate surface area is 104 Å². The first kappa shape index (κ1) is 12.1. The zero-order chi connectivity index (χ0) is 13.0. The van der Waals surface area contributed by atoms with Crippen molar-refractivity contribution < 1.29 is 9.21 Å². The van der Waals surface area contributed by atoms with Gasteiger partial charge in [-0.3, -0.25) is 10.6 Å². The lowest BCUT2D eigenvalue weighted by molar-refractivity contribution is 0.0930. The van der Waals surface area contributed by atoms with Crippen LogP contribution in [-0.2, 0) is 0 Å². The summed E-state index contributed by atoms with van der Waals surface area (Å²) in [6, 6.07) is 6.65. The normalized spacial score (nSPS) is 11.9. The van der Waals surface area contributed by atoms with E-state index in [1.165, 1.54) is 6.20 Å². The van der Waals surface area contributed by atoms with E-state index in [-0.39, 0.29) is 11.9 Å². The van der Waals surface area contributed by atoms with Crippen LogP contribution in [0, 0.1) is 0 Å². The van der Waals surface area contributed by atoms with Crippen LogP contribution in [0.15, 0.2) is 41.1 Å². The van der Waals surface area contributed by atoms with Crippen molar-refractivity contribution in [3.63, 3.8) is 0 Å². The van der Waals surface area contributed by atoms with Gasteiger partial charge in [-0.1, -0.05) is 0 Å². The van der Waals surface area contributed by atoms with Crippen molar-refractivity contribution in [2.45, 2.75) is 13.0 Å². The Balaban J connectivity index is 2.03. The summed E-state index contributed by atoms with van der Waals surface area (Å²) in [6.45, 7) is 1.84. The van der Waals surface area contributed by atoms with E-state index in [4.69, 9.17) is 10.3 Å². The zero-order valence-electron chi connectivity index (χ0n) is 9.88. The van der Waals surface area contributed by atoms with Crippen LogP contribution >= 0.6 is 0 Å². The van der Waals surface area contributed by atoms with Crippen molar-refractivity contribution in [1.29, 1.82) is 0 Å². The van der Waals surface area contributed by atoms with Crippen LogP contribution in [0.3, 0.4) is 0 Å². The molecule has 0 saturated carbocycles. The van der Waals surface area contributed by atoms with Crippen molar-refractivity contribution in [2.24, 2.45) is 5.84 Å². The molecule has 6 heteroatoms. The fourth-order valence-electron chi connectivity index (χ4n) is 1.49. The summed E-state index contributed by atoms with van der Waals surface area (Å²) in [5.41, 5.74) is 3.42. The number of hydrogen-bond donors (Lipinski definition) is 3. The number of pyridine rings is 1. The number of hydrogen-bond acceptors (Lipinski definition) is 5. The monoisotopic (exact) mass is 246 g/mol. The smallest absolute Gasteiger partial charge is 0.270 e. The third-order valence-corrected chi connectivity index (χ3v) is 2.48. The maximum Gasteiger partial charge on any atom is 0.270 e. The molecule has 4 N–H and O–H groups in total. The van der Waals surface area contributed by atoms with Gasteiger partial charge in [0.1, 0.15) is 11.5 Å². The number of aromatic nitrogens is 1. The van der Waals surface area contributed by atoms with Gasteiger partial charge in [0.05, 0.1) is 24.2 Å². The van der Waals surface area contributed by atoms with Gasteiger partial charge in [-0.25, -0.2) is 4.98 Å². The molecular formula is C12H14N4O2. The lowest BCUT2D eigenvalue weighted by Crippen LogP contribution is -2.27. The summed E-state index contributed by atoms with van der Waals surface area (Å²) < 4.78 is 5.21. The molecule has 1 amide bonds. The molecule has 2 rings (SSSR count). The Bertz CT molecular complexity index is 507. The van der Waals surface area contributed by atoms with Crippen LogP contribution in [0.1, 0.15) is 29.2 Å². The highest BCUT2D eigenvalue weighted by atomic mass is 16.3. The minimum absolute atomic E-state index is 0.207. The molecule has 0 aromatic carbocycles. The van der Waals surface area contributed by atoms with Gasteiger partial charge >= 0.3 is 0 Å². The number of anilines is 1. The summed E-state index contributed by atoms with van der Waals surface area (Å²) >= 11 is 0. The molecule has 0 radical (unpaired) electrons. The van der Waals surface area contributed by atoms with E-state index in [9.17, 15) is 4.79 Å². The molecule has 1 atom stereocenters. The number of nitrogens with two attached hydrogens (primary N) is 1. The molecule has 0 aliphatic rings. The topological polar surface area (TPSA) is 93.2 Å². The standard InChI is InChI=1S/C12H14N4O2/c1-8(11-3-2-6-18-11)15-12(17)10-5-4-9(16-13)7-14-10/h2-8,16H,13H2,1H3,(H,15,17). The molecule has 0 spiro atoms. The van der Waals surface area contributed by atoms with Crippen molar-refractivity contribution in [1.82, 2.24) is 10.3 Å². The molecule has 0 aliphatic heterocycles. The number of furan rings is 1. The average molecular weight is 246 g/mol. The molecule has 0 saturated heterocycles. The summed E-state index contributed by atoms with van der Waals surface area (Å²) in [4.78, 5) is 15.9. The van der Waals surface area contributed by atoms with Gasteiger partial charge in [0.25, 0.3) is 5.91 Å². The third-order valence-electron chi connectivity index (χ3n) is 2.48.